The lowest BCUT2D eigenvalue weighted by Crippen LogP contribution is -2.14. The number of nitrogens with one attached hydrogen (secondary N) is 1. The first-order chi connectivity index (χ1) is 11.7. The normalized spacial score (nSPS) is 14.0. The molecule has 0 unspecified atom stereocenters. The monoisotopic (exact) mass is 320 g/mol. The lowest BCUT2D eigenvalue weighted by atomic mass is 9.94. The molecule has 2 N–H and O–H groups in total. The molecule has 0 spiro atoms. The van der Waals surface area contributed by atoms with E-state index in [4.69, 9.17) is 5.21 Å². The molecule has 2 aromatic rings. The Labute approximate surface area is 139 Å². The van der Waals surface area contributed by atoms with Crippen molar-refractivity contribution in [1.82, 2.24) is 5.48 Å². The van der Waals surface area contributed by atoms with Gasteiger partial charge in [0.25, 0.3) is 5.91 Å². The van der Waals surface area contributed by atoms with Crippen molar-refractivity contribution < 1.29 is 14.8 Å². The molecule has 5 heteroatoms. The summed E-state index contributed by atoms with van der Waals surface area (Å²) in [6.07, 6.45) is 3.12. The highest BCUT2D eigenvalue weighted by atomic mass is 16.5. The van der Waals surface area contributed by atoms with E-state index in [9.17, 15) is 9.59 Å². The summed E-state index contributed by atoms with van der Waals surface area (Å²) in [5, 5.41) is 8.53. The van der Waals surface area contributed by atoms with Crippen LogP contribution in [0.2, 0.25) is 0 Å². The SMILES string of the molecule is O=C1CN=C(c2ccccc2)c2ccc(/C=C/C(=O)NO)cc2C1. The minimum Gasteiger partial charge on any atom is -0.297 e. The number of hydroxylamine groups is 1. The number of amides is 1. The second kappa shape index (κ2) is 7.02. The molecule has 0 aromatic heterocycles. The van der Waals surface area contributed by atoms with Gasteiger partial charge in [0.1, 0.15) is 0 Å². The standard InChI is InChI=1S/C19H16N2O3/c22-16-11-15-10-13(7-9-18(23)21-24)6-8-17(15)19(20-12-16)14-4-2-1-3-5-14/h1-10,24H,11-12H2,(H,21,23)/b9-7+. The third-order valence-electron chi connectivity index (χ3n) is 3.77. The fraction of sp³-hybridized carbons (Fsp3) is 0.105. The zero-order valence-corrected chi connectivity index (χ0v) is 12.9. The van der Waals surface area contributed by atoms with Crippen LogP contribution in [0.15, 0.2) is 59.6 Å². The summed E-state index contributed by atoms with van der Waals surface area (Å²) in [4.78, 5) is 27.6. The van der Waals surface area contributed by atoms with E-state index < -0.39 is 5.91 Å². The van der Waals surface area contributed by atoms with Crippen LogP contribution in [0.3, 0.4) is 0 Å². The van der Waals surface area contributed by atoms with Crippen LogP contribution in [0.4, 0.5) is 0 Å². The van der Waals surface area contributed by atoms with Gasteiger partial charge in [-0.3, -0.25) is 19.8 Å². The summed E-state index contributed by atoms with van der Waals surface area (Å²) in [7, 11) is 0. The lowest BCUT2D eigenvalue weighted by molar-refractivity contribution is -0.124. The molecule has 1 heterocycles. The van der Waals surface area contributed by atoms with Gasteiger partial charge in [-0.2, -0.15) is 0 Å². The minimum absolute atomic E-state index is 0.0522. The van der Waals surface area contributed by atoms with Crippen molar-refractivity contribution in [3.8, 4) is 0 Å². The summed E-state index contributed by atoms with van der Waals surface area (Å²) in [5.41, 5.74) is 5.90. The zero-order valence-electron chi connectivity index (χ0n) is 12.9. The maximum atomic E-state index is 12.0. The number of fused-ring (bicyclic) bond motifs is 1. The number of rotatable bonds is 3. The Kier molecular flexibility index (Phi) is 4.63. The molecule has 120 valence electrons. The number of hydrogen-bond donors (Lipinski definition) is 2. The molecule has 0 saturated heterocycles. The van der Waals surface area contributed by atoms with Crippen molar-refractivity contribution in [3.63, 3.8) is 0 Å². The Hall–Kier alpha value is -3.05. The van der Waals surface area contributed by atoms with E-state index in [0.717, 1.165) is 28.0 Å². The second-order valence-electron chi connectivity index (χ2n) is 5.47. The minimum atomic E-state index is -0.604. The lowest BCUT2D eigenvalue weighted by Gasteiger charge is -2.10. The molecule has 0 saturated carbocycles. The van der Waals surface area contributed by atoms with E-state index in [1.807, 2.05) is 48.5 Å². The van der Waals surface area contributed by atoms with Gasteiger partial charge in [-0.25, -0.2) is 5.48 Å². The van der Waals surface area contributed by atoms with E-state index in [-0.39, 0.29) is 12.3 Å². The average molecular weight is 320 g/mol. The number of Topliss-reactive ketones (excluding diaryl/α,β-unsaturated/α-hetero) is 1. The van der Waals surface area contributed by atoms with Crippen LogP contribution in [0.25, 0.3) is 6.08 Å². The first kappa shape index (κ1) is 15.8. The molecule has 0 aliphatic carbocycles. The second-order valence-corrected chi connectivity index (χ2v) is 5.47. The summed E-state index contributed by atoms with van der Waals surface area (Å²) < 4.78 is 0. The number of ketones is 1. The Balaban J connectivity index is 2.02. The van der Waals surface area contributed by atoms with Crippen molar-refractivity contribution in [2.24, 2.45) is 4.99 Å². The molecule has 1 aliphatic heterocycles. The summed E-state index contributed by atoms with van der Waals surface area (Å²) in [6.45, 7) is 0.164. The van der Waals surface area contributed by atoms with E-state index >= 15 is 0 Å². The quantitative estimate of drug-likeness (QED) is 0.517. The number of carbonyl (C=O) groups excluding carboxylic acids is 2. The Morgan fingerprint density at radius 1 is 1.17 bits per heavy atom. The van der Waals surface area contributed by atoms with Gasteiger partial charge >= 0.3 is 0 Å². The first-order valence-corrected chi connectivity index (χ1v) is 7.54. The van der Waals surface area contributed by atoms with Crippen molar-refractivity contribution in [3.05, 3.63) is 76.9 Å². The molecule has 0 atom stereocenters. The van der Waals surface area contributed by atoms with Crippen LogP contribution in [0, 0.1) is 0 Å². The highest BCUT2D eigenvalue weighted by Gasteiger charge is 2.18. The third kappa shape index (κ3) is 3.47. The smallest absolute Gasteiger partial charge is 0.267 e. The number of carbonyl (C=O) groups is 2. The van der Waals surface area contributed by atoms with E-state index in [1.165, 1.54) is 6.08 Å². The number of benzene rings is 2. The molecule has 1 amide bonds. The van der Waals surface area contributed by atoms with Gasteiger partial charge in [-0.15, -0.1) is 0 Å². The predicted molar refractivity (Wildman–Crippen MR) is 91.1 cm³/mol. The molecule has 0 radical (unpaired) electrons. The van der Waals surface area contributed by atoms with Crippen molar-refractivity contribution in [1.29, 1.82) is 0 Å². The molecule has 5 nitrogen and oxygen atoms in total. The van der Waals surface area contributed by atoms with Gasteiger partial charge in [-0.05, 0) is 17.2 Å². The molecule has 24 heavy (non-hydrogen) atoms. The fourth-order valence-corrected chi connectivity index (χ4v) is 2.67. The topological polar surface area (TPSA) is 78.8 Å². The van der Waals surface area contributed by atoms with Gasteiger partial charge < -0.3 is 0 Å². The van der Waals surface area contributed by atoms with E-state index in [0.29, 0.717) is 6.42 Å². The van der Waals surface area contributed by atoms with E-state index in [1.54, 1.807) is 11.6 Å². The highest BCUT2D eigenvalue weighted by Crippen LogP contribution is 2.21. The molecule has 0 bridgehead atoms. The van der Waals surface area contributed by atoms with E-state index in [2.05, 4.69) is 4.99 Å². The number of hydrogen-bond acceptors (Lipinski definition) is 4. The van der Waals surface area contributed by atoms with Crippen LogP contribution >= 0.6 is 0 Å². The van der Waals surface area contributed by atoms with Crippen molar-refractivity contribution in [2.75, 3.05) is 6.54 Å². The van der Waals surface area contributed by atoms with Crippen LogP contribution in [-0.2, 0) is 16.0 Å². The molecular formula is C19H16N2O3. The number of aliphatic imine (C=N–C) groups is 1. The largest absolute Gasteiger partial charge is 0.297 e. The average Bonchev–Trinajstić information content (AvgIpc) is 2.78. The summed E-state index contributed by atoms with van der Waals surface area (Å²) >= 11 is 0. The zero-order chi connectivity index (χ0) is 16.9. The van der Waals surface area contributed by atoms with Crippen LogP contribution in [-0.4, -0.2) is 29.2 Å². The first-order valence-electron chi connectivity index (χ1n) is 7.54. The Morgan fingerprint density at radius 3 is 2.71 bits per heavy atom. The van der Waals surface area contributed by atoms with Crippen LogP contribution < -0.4 is 5.48 Å². The van der Waals surface area contributed by atoms with Crippen LogP contribution in [0.5, 0.6) is 0 Å². The fourth-order valence-electron chi connectivity index (χ4n) is 2.67. The molecule has 1 aliphatic rings. The number of nitrogens with zero attached hydrogens (tertiary/aromatic N) is 1. The Morgan fingerprint density at radius 2 is 1.96 bits per heavy atom. The molecule has 0 fully saturated rings. The third-order valence-corrected chi connectivity index (χ3v) is 3.77. The van der Waals surface area contributed by atoms with Crippen molar-refractivity contribution >= 4 is 23.5 Å². The van der Waals surface area contributed by atoms with Gasteiger partial charge in [0.15, 0.2) is 5.78 Å². The van der Waals surface area contributed by atoms with Crippen molar-refractivity contribution in [2.45, 2.75) is 6.42 Å². The maximum Gasteiger partial charge on any atom is 0.267 e. The predicted octanol–water partition coefficient (Wildman–Crippen LogP) is 2.17. The van der Waals surface area contributed by atoms with Gasteiger partial charge in [-0.1, -0.05) is 48.5 Å². The summed E-state index contributed by atoms with van der Waals surface area (Å²) in [5.74, 6) is -0.552. The maximum absolute atomic E-state index is 12.0. The van der Waals surface area contributed by atoms with Gasteiger partial charge in [0, 0.05) is 23.6 Å². The molecular weight excluding hydrogens is 304 g/mol. The summed E-state index contributed by atoms with van der Waals surface area (Å²) in [6, 6.07) is 15.4. The van der Waals surface area contributed by atoms with Crippen LogP contribution in [0.1, 0.15) is 22.3 Å². The Bertz CT molecular complexity index is 839. The van der Waals surface area contributed by atoms with Gasteiger partial charge in [0.2, 0.25) is 0 Å². The molecule has 3 rings (SSSR count). The molecule has 2 aromatic carbocycles. The van der Waals surface area contributed by atoms with Gasteiger partial charge in [0.05, 0.1) is 12.3 Å². The highest BCUT2D eigenvalue weighted by molar-refractivity contribution is 6.15.